The summed E-state index contributed by atoms with van der Waals surface area (Å²) in [5.41, 5.74) is 2.66. The van der Waals surface area contributed by atoms with Gasteiger partial charge in [-0.15, -0.1) is 0 Å². The third-order valence-electron chi connectivity index (χ3n) is 4.19. The number of aryl methyl sites for hydroxylation is 1. The average molecular weight is 385 g/mol. The summed E-state index contributed by atoms with van der Waals surface area (Å²) >= 11 is 6.02. The topological polar surface area (TPSA) is 90.1 Å². The number of amides is 1. The van der Waals surface area contributed by atoms with Crippen LogP contribution in [0.2, 0.25) is 5.02 Å². The van der Waals surface area contributed by atoms with Crippen LogP contribution >= 0.6 is 11.6 Å². The van der Waals surface area contributed by atoms with E-state index in [1.807, 2.05) is 25.1 Å². The fraction of sp³-hybridized carbons (Fsp3) is 0.158. The van der Waals surface area contributed by atoms with Crippen LogP contribution in [0.5, 0.6) is 0 Å². The zero-order valence-electron chi connectivity index (χ0n) is 14.8. The van der Waals surface area contributed by atoms with Crippen molar-refractivity contribution < 1.29 is 9.72 Å². The summed E-state index contributed by atoms with van der Waals surface area (Å²) in [4.78, 5) is 23.2. The van der Waals surface area contributed by atoms with Crippen molar-refractivity contribution in [1.29, 1.82) is 0 Å². The number of aromatic nitrogens is 2. The molecule has 0 atom stereocenters. The molecule has 0 aliphatic carbocycles. The van der Waals surface area contributed by atoms with Gasteiger partial charge in [-0.1, -0.05) is 35.9 Å². The smallest absolute Gasteiger partial charge is 0.282 e. The van der Waals surface area contributed by atoms with E-state index in [2.05, 4.69) is 10.4 Å². The highest BCUT2D eigenvalue weighted by atomic mass is 35.5. The van der Waals surface area contributed by atoms with Crippen molar-refractivity contribution in [2.75, 3.05) is 5.32 Å². The molecule has 2 aromatic carbocycles. The van der Waals surface area contributed by atoms with Crippen molar-refractivity contribution >= 4 is 28.9 Å². The zero-order valence-corrected chi connectivity index (χ0v) is 15.5. The van der Waals surface area contributed by atoms with E-state index >= 15 is 0 Å². The molecule has 0 fully saturated rings. The minimum absolute atomic E-state index is 0.00360. The second-order valence-electron chi connectivity index (χ2n) is 6.06. The lowest BCUT2D eigenvalue weighted by Crippen LogP contribution is -2.15. The number of anilines is 1. The number of nitro groups is 1. The van der Waals surface area contributed by atoms with Gasteiger partial charge in [0, 0.05) is 11.1 Å². The molecule has 1 N–H and O–H groups in total. The summed E-state index contributed by atoms with van der Waals surface area (Å²) in [7, 11) is 0. The Morgan fingerprint density at radius 1 is 1.22 bits per heavy atom. The van der Waals surface area contributed by atoms with E-state index in [1.165, 1.54) is 18.2 Å². The summed E-state index contributed by atoms with van der Waals surface area (Å²) in [6.07, 6.45) is 0. The molecule has 1 heterocycles. The molecule has 1 amide bonds. The number of benzene rings is 2. The Morgan fingerprint density at radius 3 is 2.67 bits per heavy atom. The van der Waals surface area contributed by atoms with Crippen LogP contribution in [-0.4, -0.2) is 20.6 Å². The molecule has 0 unspecified atom stereocenters. The molecule has 0 aliphatic rings. The molecule has 3 aromatic rings. The van der Waals surface area contributed by atoms with Gasteiger partial charge in [-0.2, -0.15) is 5.10 Å². The maximum atomic E-state index is 12.6. The lowest BCUT2D eigenvalue weighted by atomic mass is 10.1. The van der Waals surface area contributed by atoms with Gasteiger partial charge < -0.3 is 5.32 Å². The van der Waals surface area contributed by atoms with Crippen LogP contribution in [-0.2, 0) is 6.54 Å². The van der Waals surface area contributed by atoms with E-state index in [0.717, 1.165) is 11.3 Å². The zero-order chi connectivity index (χ0) is 19.6. The molecule has 1 aromatic heterocycles. The van der Waals surface area contributed by atoms with Gasteiger partial charge >= 0.3 is 0 Å². The van der Waals surface area contributed by atoms with Gasteiger partial charge in [-0.25, -0.2) is 0 Å². The molecular formula is C19H17ClN4O3. The normalized spacial score (nSPS) is 10.6. The van der Waals surface area contributed by atoms with Crippen molar-refractivity contribution in [3.63, 3.8) is 0 Å². The Labute approximate surface area is 160 Å². The molecule has 3 rings (SSSR count). The van der Waals surface area contributed by atoms with E-state index in [9.17, 15) is 14.9 Å². The minimum Gasteiger partial charge on any atom is -0.319 e. The van der Waals surface area contributed by atoms with Crippen molar-refractivity contribution in [3.05, 3.63) is 86.2 Å². The molecular weight excluding hydrogens is 368 g/mol. The van der Waals surface area contributed by atoms with Crippen LogP contribution in [0.1, 0.15) is 27.3 Å². The van der Waals surface area contributed by atoms with Crippen LogP contribution in [0.4, 0.5) is 11.4 Å². The predicted octanol–water partition coefficient (Wildman–Crippen LogP) is 4.36. The number of hydrogen-bond acceptors (Lipinski definition) is 4. The first-order chi connectivity index (χ1) is 12.9. The minimum atomic E-state index is -0.572. The Morgan fingerprint density at radius 2 is 1.96 bits per heavy atom. The summed E-state index contributed by atoms with van der Waals surface area (Å²) in [6.45, 7) is 4.10. The number of rotatable bonds is 5. The number of halogens is 1. The van der Waals surface area contributed by atoms with E-state index in [4.69, 9.17) is 11.6 Å². The quantitative estimate of drug-likeness (QED) is 0.522. The number of carbonyl (C=O) groups excluding carboxylic acids is 1. The fourth-order valence-corrected chi connectivity index (χ4v) is 3.06. The van der Waals surface area contributed by atoms with Crippen LogP contribution in [0.3, 0.4) is 0 Å². The summed E-state index contributed by atoms with van der Waals surface area (Å²) in [6, 6.07) is 13.3. The van der Waals surface area contributed by atoms with Crippen molar-refractivity contribution in [3.8, 4) is 0 Å². The van der Waals surface area contributed by atoms with Gasteiger partial charge in [0.2, 0.25) is 0 Å². The first-order valence-electron chi connectivity index (χ1n) is 8.20. The Balaban J connectivity index is 1.87. The van der Waals surface area contributed by atoms with Crippen molar-refractivity contribution in [1.82, 2.24) is 9.78 Å². The van der Waals surface area contributed by atoms with Crippen LogP contribution in [0, 0.1) is 24.0 Å². The van der Waals surface area contributed by atoms with Gasteiger partial charge in [-0.05, 0) is 37.6 Å². The number of carbonyl (C=O) groups is 1. The van der Waals surface area contributed by atoms with Gasteiger partial charge in [0.15, 0.2) is 0 Å². The number of hydrogen-bond donors (Lipinski definition) is 1. The van der Waals surface area contributed by atoms with Crippen LogP contribution in [0.25, 0.3) is 0 Å². The molecule has 0 radical (unpaired) electrons. The SMILES string of the molecule is Cc1nn(Cc2cccc(Cl)c2)c(C)c1NC(=O)c1ccccc1[N+](=O)[O-]. The van der Waals surface area contributed by atoms with Gasteiger partial charge in [-0.3, -0.25) is 19.6 Å². The highest BCUT2D eigenvalue weighted by Crippen LogP contribution is 2.24. The third kappa shape index (κ3) is 3.98. The maximum Gasteiger partial charge on any atom is 0.282 e. The van der Waals surface area contributed by atoms with Gasteiger partial charge in [0.25, 0.3) is 11.6 Å². The number of nitrogens with zero attached hydrogens (tertiary/aromatic N) is 3. The van der Waals surface area contributed by atoms with Crippen LogP contribution in [0.15, 0.2) is 48.5 Å². The van der Waals surface area contributed by atoms with Crippen LogP contribution < -0.4 is 5.32 Å². The maximum absolute atomic E-state index is 12.6. The third-order valence-corrected chi connectivity index (χ3v) is 4.42. The molecule has 7 nitrogen and oxygen atoms in total. The predicted molar refractivity (Wildman–Crippen MR) is 103 cm³/mol. The van der Waals surface area contributed by atoms with E-state index in [-0.39, 0.29) is 11.3 Å². The second kappa shape index (κ2) is 7.59. The van der Waals surface area contributed by atoms with Gasteiger partial charge in [0.1, 0.15) is 5.56 Å². The molecule has 8 heteroatoms. The van der Waals surface area contributed by atoms with Gasteiger partial charge in [0.05, 0.1) is 28.5 Å². The Bertz CT molecular complexity index is 1030. The fourth-order valence-electron chi connectivity index (χ4n) is 2.85. The lowest BCUT2D eigenvalue weighted by Gasteiger charge is -2.08. The first kappa shape index (κ1) is 18.6. The van der Waals surface area contributed by atoms with Crippen molar-refractivity contribution in [2.24, 2.45) is 0 Å². The average Bonchev–Trinajstić information content (AvgIpc) is 2.89. The first-order valence-corrected chi connectivity index (χ1v) is 8.58. The molecule has 138 valence electrons. The second-order valence-corrected chi connectivity index (χ2v) is 6.50. The summed E-state index contributed by atoms with van der Waals surface area (Å²) in [5, 5.41) is 19.0. The number of nitrogens with one attached hydrogen (secondary N) is 1. The highest BCUT2D eigenvalue weighted by molar-refractivity contribution is 6.30. The van der Waals surface area contributed by atoms with E-state index in [1.54, 1.807) is 23.7 Å². The summed E-state index contributed by atoms with van der Waals surface area (Å²) in [5.74, 6) is -0.546. The molecule has 0 spiro atoms. The molecule has 0 bridgehead atoms. The summed E-state index contributed by atoms with van der Waals surface area (Å²) < 4.78 is 1.76. The largest absolute Gasteiger partial charge is 0.319 e. The lowest BCUT2D eigenvalue weighted by molar-refractivity contribution is -0.385. The molecule has 0 saturated heterocycles. The molecule has 27 heavy (non-hydrogen) atoms. The Kier molecular flexibility index (Phi) is 5.23. The number of nitro benzene ring substituents is 1. The number of para-hydroxylation sites is 1. The van der Waals surface area contributed by atoms with E-state index in [0.29, 0.717) is 22.9 Å². The Hall–Kier alpha value is -3.19. The van der Waals surface area contributed by atoms with Crippen molar-refractivity contribution in [2.45, 2.75) is 20.4 Å². The molecule has 0 aliphatic heterocycles. The van der Waals surface area contributed by atoms with E-state index < -0.39 is 10.8 Å². The standard InChI is InChI=1S/C19H17ClN4O3/c1-12-18(21-19(25)16-8-3-4-9-17(16)24(26)27)13(2)23(22-12)11-14-6-5-7-15(20)10-14/h3-10H,11H2,1-2H3,(H,21,25). The highest BCUT2D eigenvalue weighted by Gasteiger charge is 2.22. The monoisotopic (exact) mass is 384 g/mol. The molecule has 0 saturated carbocycles.